The van der Waals surface area contributed by atoms with E-state index >= 15 is 0 Å². The molecule has 0 radical (unpaired) electrons. The van der Waals surface area contributed by atoms with E-state index in [1.54, 1.807) is 13.3 Å². The van der Waals surface area contributed by atoms with Crippen LogP contribution in [0.4, 0.5) is 0 Å². The molecule has 1 aliphatic heterocycles. The highest BCUT2D eigenvalue weighted by Gasteiger charge is 2.09. The first-order valence-corrected chi connectivity index (χ1v) is 3.91. The Morgan fingerprint density at radius 1 is 1.58 bits per heavy atom. The van der Waals surface area contributed by atoms with Crippen molar-refractivity contribution in [3.63, 3.8) is 0 Å². The average Bonchev–Trinajstić information content (AvgIpc) is 2.15. The second-order valence-corrected chi connectivity index (χ2v) is 2.53. The van der Waals surface area contributed by atoms with Crippen LogP contribution in [-0.2, 0) is 9.68 Å². The molecule has 0 atom stereocenters. The summed E-state index contributed by atoms with van der Waals surface area (Å²) in [5.41, 5.74) is 1.13. The van der Waals surface area contributed by atoms with Crippen molar-refractivity contribution < 1.29 is 9.68 Å². The summed E-state index contributed by atoms with van der Waals surface area (Å²) >= 11 is 0. The van der Waals surface area contributed by atoms with E-state index in [1.165, 1.54) is 7.11 Å². The molecule has 0 aromatic heterocycles. The first-order chi connectivity index (χ1) is 5.86. The fraction of sp³-hybridized carbons (Fsp3) is 0.625. The molecule has 0 unspecified atom stereocenters. The van der Waals surface area contributed by atoms with E-state index < -0.39 is 0 Å². The summed E-state index contributed by atoms with van der Waals surface area (Å²) in [6.45, 7) is 1.73. The Morgan fingerprint density at radius 3 is 3.08 bits per heavy atom. The molecule has 0 saturated heterocycles. The first kappa shape index (κ1) is 9.22. The lowest BCUT2D eigenvalue weighted by molar-refractivity contribution is -0.124. The van der Waals surface area contributed by atoms with E-state index in [-0.39, 0.29) is 0 Å². The number of nitrogens with zero attached hydrogens (tertiary/aromatic N) is 2. The van der Waals surface area contributed by atoms with E-state index in [1.807, 2.05) is 5.06 Å². The molecule has 0 spiro atoms. The lowest BCUT2D eigenvalue weighted by Crippen LogP contribution is -2.29. The highest BCUT2D eigenvalue weighted by atomic mass is 16.7. The zero-order valence-corrected chi connectivity index (χ0v) is 7.49. The standard InChI is InChI=1S/C8H14N2O2/c1-11-9-6-8-4-3-5-10(7-8)12-2/h4,6H,3,5,7H2,1-2H3/b9-6+. The van der Waals surface area contributed by atoms with Gasteiger partial charge in [-0.05, 0) is 12.0 Å². The van der Waals surface area contributed by atoms with E-state index in [9.17, 15) is 0 Å². The fourth-order valence-corrected chi connectivity index (χ4v) is 1.11. The number of hydrogen-bond donors (Lipinski definition) is 0. The maximum atomic E-state index is 5.09. The van der Waals surface area contributed by atoms with Crippen LogP contribution in [0.25, 0.3) is 0 Å². The van der Waals surface area contributed by atoms with Crippen LogP contribution in [0.1, 0.15) is 6.42 Å². The monoisotopic (exact) mass is 170 g/mol. The van der Waals surface area contributed by atoms with Gasteiger partial charge in [0, 0.05) is 6.54 Å². The van der Waals surface area contributed by atoms with Crippen molar-refractivity contribution in [1.82, 2.24) is 5.06 Å². The van der Waals surface area contributed by atoms with Gasteiger partial charge in [-0.1, -0.05) is 11.2 Å². The third-order valence-corrected chi connectivity index (χ3v) is 1.73. The summed E-state index contributed by atoms with van der Waals surface area (Å²) in [5, 5.41) is 5.57. The van der Waals surface area contributed by atoms with E-state index in [0.29, 0.717) is 0 Å². The molecule has 0 aromatic carbocycles. The van der Waals surface area contributed by atoms with Crippen LogP contribution >= 0.6 is 0 Å². The van der Waals surface area contributed by atoms with Gasteiger partial charge in [-0.15, -0.1) is 0 Å². The molecule has 0 bridgehead atoms. The summed E-state index contributed by atoms with van der Waals surface area (Å²) in [6.07, 6.45) is 4.85. The maximum Gasteiger partial charge on any atom is 0.106 e. The third-order valence-electron chi connectivity index (χ3n) is 1.73. The topological polar surface area (TPSA) is 34.1 Å². The van der Waals surface area contributed by atoms with Crippen LogP contribution in [0.2, 0.25) is 0 Å². The molecule has 0 fully saturated rings. The summed E-state index contributed by atoms with van der Waals surface area (Å²) in [6, 6.07) is 0. The van der Waals surface area contributed by atoms with Crippen molar-refractivity contribution in [3.05, 3.63) is 11.6 Å². The first-order valence-electron chi connectivity index (χ1n) is 3.91. The van der Waals surface area contributed by atoms with E-state index in [4.69, 9.17) is 4.84 Å². The summed E-state index contributed by atoms with van der Waals surface area (Å²) in [5.74, 6) is 0. The Morgan fingerprint density at radius 2 is 2.42 bits per heavy atom. The van der Waals surface area contributed by atoms with Gasteiger partial charge in [-0.2, -0.15) is 5.06 Å². The Kier molecular flexibility index (Phi) is 3.76. The smallest absolute Gasteiger partial charge is 0.106 e. The van der Waals surface area contributed by atoms with Crippen molar-refractivity contribution in [2.24, 2.45) is 5.16 Å². The minimum absolute atomic E-state index is 0.781. The molecule has 0 amide bonds. The van der Waals surface area contributed by atoms with Gasteiger partial charge in [0.1, 0.15) is 7.11 Å². The maximum absolute atomic E-state index is 5.09. The Labute approximate surface area is 72.4 Å². The Balaban J connectivity index is 2.44. The molecular weight excluding hydrogens is 156 g/mol. The molecule has 4 nitrogen and oxygen atoms in total. The van der Waals surface area contributed by atoms with E-state index in [2.05, 4.69) is 16.1 Å². The molecule has 12 heavy (non-hydrogen) atoms. The van der Waals surface area contributed by atoms with Gasteiger partial charge in [0.15, 0.2) is 0 Å². The number of rotatable bonds is 3. The van der Waals surface area contributed by atoms with Crippen LogP contribution in [0.5, 0.6) is 0 Å². The van der Waals surface area contributed by atoms with Crippen molar-refractivity contribution >= 4 is 6.21 Å². The quantitative estimate of drug-likeness (QED) is 0.464. The zero-order chi connectivity index (χ0) is 8.81. The summed E-state index contributed by atoms with van der Waals surface area (Å²) < 4.78 is 0. The predicted octanol–water partition coefficient (Wildman–Crippen LogP) is 0.812. The van der Waals surface area contributed by atoms with Crippen LogP contribution < -0.4 is 0 Å². The molecule has 68 valence electrons. The van der Waals surface area contributed by atoms with Crippen LogP contribution in [0, 0.1) is 0 Å². The Bertz CT molecular complexity index is 189. The molecule has 0 aliphatic carbocycles. The molecule has 0 aromatic rings. The molecule has 1 heterocycles. The molecule has 1 aliphatic rings. The number of hydroxylamine groups is 2. The minimum Gasteiger partial charge on any atom is -0.399 e. The van der Waals surface area contributed by atoms with E-state index in [0.717, 1.165) is 25.1 Å². The zero-order valence-electron chi connectivity index (χ0n) is 7.49. The largest absolute Gasteiger partial charge is 0.399 e. The number of oxime groups is 1. The van der Waals surface area contributed by atoms with Gasteiger partial charge in [-0.25, -0.2) is 0 Å². The van der Waals surface area contributed by atoms with Gasteiger partial charge in [0.2, 0.25) is 0 Å². The van der Waals surface area contributed by atoms with Gasteiger partial charge >= 0.3 is 0 Å². The summed E-state index contributed by atoms with van der Waals surface area (Å²) in [7, 11) is 3.21. The lowest BCUT2D eigenvalue weighted by atomic mass is 10.2. The minimum atomic E-state index is 0.781. The van der Waals surface area contributed by atoms with Gasteiger partial charge in [0.25, 0.3) is 0 Å². The van der Waals surface area contributed by atoms with Crippen LogP contribution in [0.3, 0.4) is 0 Å². The van der Waals surface area contributed by atoms with Crippen LogP contribution in [0.15, 0.2) is 16.8 Å². The summed E-state index contributed by atoms with van der Waals surface area (Å²) in [4.78, 5) is 9.67. The van der Waals surface area contributed by atoms with Crippen LogP contribution in [-0.4, -0.2) is 38.6 Å². The predicted molar refractivity (Wildman–Crippen MR) is 46.8 cm³/mol. The molecule has 4 heteroatoms. The molecular formula is C8H14N2O2. The van der Waals surface area contributed by atoms with Gasteiger partial charge in [0.05, 0.1) is 19.9 Å². The van der Waals surface area contributed by atoms with Crippen molar-refractivity contribution in [3.8, 4) is 0 Å². The third kappa shape index (κ3) is 2.64. The van der Waals surface area contributed by atoms with Crippen molar-refractivity contribution in [2.75, 3.05) is 27.3 Å². The lowest BCUT2D eigenvalue weighted by Gasteiger charge is -2.22. The second kappa shape index (κ2) is 4.90. The highest BCUT2D eigenvalue weighted by Crippen LogP contribution is 2.07. The molecule has 0 N–H and O–H groups in total. The molecule has 0 saturated carbocycles. The van der Waals surface area contributed by atoms with Gasteiger partial charge in [-0.3, -0.25) is 0 Å². The van der Waals surface area contributed by atoms with Gasteiger partial charge < -0.3 is 9.68 Å². The normalized spacial score (nSPS) is 19.7. The average molecular weight is 170 g/mol. The Hall–Kier alpha value is -0.870. The van der Waals surface area contributed by atoms with Crippen molar-refractivity contribution in [1.29, 1.82) is 0 Å². The second-order valence-electron chi connectivity index (χ2n) is 2.53. The number of hydrogen-bond acceptors (Lipinski definition) is 4. The van der Waals surface area contributed by atoms with Crippen molar-refractivity contribution in [2.45, 2.75) is 6.42 Å². The fourth-order valence-electron chi connectivity index (χ4n) is 1.11. The highest BCUT2D eigenvalue weighted by molar-refractivity contribution is 5.78. The molecule has 1 rings (SSSR count). The SMILES string of the molecule is CO/N=C/C1=CCCN(OC)C1.